The van der Waals surface area contributed by atoms with Crippen LogP contribution in [0.2, 0.25) is 0 Å². The molecular formula is C16H28N2O. The largest absolute Gasteiger partial charge is 0.322 e. The number of pyridine rings is 1. The van der Waals surface area contributed by atoms with Crippen molar-refractivity contribution in [3.63, 3.8) is 0 Å². The van der Waals surface area contributed by atoms with Crippen LogP contribution in [0.4, 0.5) is 0 Å². The fourth-order valence-electron chi connectivity index (χ4n) is 2.27. The van der Waals surface area contributed by atoms with Crippen LogP contribution in [0.15, 0.2) is 16.9 Å². The lowest BCUT2D eigenvalue weighted by molar-refractivity contribution is 0.436. The average molecular weight is 264 g/mol. The van der Waals surface area contributed by atoms with Crippen LogP contribution in [0.3, 0.4) is 0 Å². The van der Waals surface area contributed by atoms with Gasteiger partial charge in [0, 0.05) is 28.8 Å². The molecule has 0 aliphatic rings. The number of aromatic nitrogens is 1. The summed E-state index contributed by atoms with van der Waals surface area (Å²) in [6, 6.07) is 3.94. The molecule has 1 aromatic heterocycles. The molecule has 3 nitrogen and oxygen atoms in total. The smallest absolute Gasteiger partial charge is 0.255 e. The van der Waals surface area contributed by atoms with Gasteiger partial charge in [-0.05, 0) is 31.9 Å². The quantitative estimate of drug-likeness (QED) is 0.912. The van der Waals surface area contributed by atoms with Crippen molar-refractivity contribution in [1.29, 1.82) is 0 Å². The van der Waals surface area contributed by atoms with Gasteiger partial charge in [0.2, 0.25) is 0 Å². The third-order valence-corrected chi connectivity index (χ3v) is 3.18. The van der Waals surface area contributed by atoms with E-state index in [1.54, 1.807) is 0 Å². The van der Waals surface area contributed by atoms with Crippen LogP contribution in [0.5, 0.6) is 0 Å². The molecule has 19 heavy (non-hydrogen) atoms. The van der Waals surface area contributed by atoms with Crippen LogP contribution in [0.1, 0.15) is 59.7 Å². The summed E-state index contributed by atoms with van der Waals surface area (Å²) < 4.78 is 1.90. The zero-order valence-electron chi connectivity index (χ0n) is 13.4. The van der Waals surface area contributed by atoms with Gasteiger partial charge in [0.25, 0.3) is 5.56 Å². The van der Waals surface area contributed by atoms with Gasteiger partial charge in [-0.3, -0.25) is 4.79 Å². The lowest BCUT2D eigenvalue weighted by atomic mass is 9.88. The average Bonchev–Trinajstić information content (AvgIpc) is 2.16. The van der Waals surface area contributed by atoms with E-state index in [2.05, 4.69) is 34.6 Å². The molecule has 2 N–H and O–H groups in total. The zero-order valence-corrected chi connectivity index (χ0v) is 13.4. The summed E-state index contributed by atoms with van der Waals surface area (Å²) in [6.45, 7) is 15.1. The predicted molar refractivity (Wildman–Crippen MR) is 81.5 cm³/mol. The minimum Gasteiger partial charge on any atom is -0.322 e. The summed E-state index contributed by atoms with van der Waals surface area (Å²) >= 11 is 0. The van der Waals surface area contributed by atoms with Crippen molar-refractivity contribution < 1.29 is 0 Å². The van der Waals surface area contributed by atoms with Crippen molar-refractivity contribution in [2.75, 3.05) is 0 Å². The molecule has 1 aromatic rings. The van der Waals surface area contributed by atoms with Gasteiger partial charge in [-0.15, -0.1) is 0 Å². The van der Waals surface area contributed by atoms with E-state index in [0.29, 0.717) is 11.5 Å². The van der Waals surface area contributed by atoms with Crippen molar-refractivity contribution >= 4 is 0 Å². The fraction of sp³-hybridized carbons (Fsp3) is 0.688. The highest BCUT2D eigenvalue weighted by Crippen LogP contribution is 2.23. The van der Waals surface area contributed by atoms with Crippen molar-refractivity contribution in [3.8, 4) is 0 Å². The van der Waals surface area contributed by atoms with Gasteiger partial charge in [-0.1, -0.05) is 34.6 Å². The van der Waals surface area contributed by atoms with Crippen LogP contribution in [-0.4, -0.2) is 4.57 Å². The Kier molecular flexibility index (Phi) is 4.30. The van der Waals surface area contributed by atoms with E-state index in [4.69, 9.17) is 5.73 Å². The molecule has 0 saturated carbocycles. The molecule has 3 heteroatoms. The normalized spacial score (nSPS) is 13.1. The summed E-state index contributed by atoms with van der Waals surface area (Å²) in [7, 11) is 0. The van der Waals surface area contributed by atoms with Crippen LogP contribution in [0, 0.1) is 5.92 Å². The van der Waals surface area contributed by atoms with Crippen LogP contribution < -0.4 is 11.3 Å². The monoisotopic (exact) mass is 264 g/mol. The third-order valence-electron chi connectivity index (χ3n) is 3.18. The molecule has 0 saturated heterocycles. The molecule has 1 rings (SSSR count). The fourth-order valence-corrected chi connectivity index (χ4v) is 2.27. The molecule has 0 spiro atoms. The molecule has 0 fully saturated rings. The molecule has 0 aromatic carbocycles. The van der Waals surface area contributed by atoms with Crippen LogP contribution in [-0.2, 0) is 17.5 Å². The van der Waals surface area contributed by atoms with Gasteiger partial charge in [0.15, 0.2) is 0 Å². The van der Waals surface area contributed by atoms with Crippen LogP contribution in [0.25, 0.3) is 0 Å². The molecular weight excluding hydrogens is 236 g/mol. The van der Waals surface area contributed by atoms with Crippen molar-refractivity contribution in [2.45, 2.75) is 66.0 Å². The second-order valence-electron chi connectivity index (χ2n) is 7.41. The van der Waals surface area contributed by atoms with Gasteiger partial charge in [-0.2, -0.15) is 0 Å². The van der Waals surface area contributed by atoms with Gasteiger partial charge < -0.3 is 10.3 Å². The molecule has 0 aliphatic heterocycles. The summed E-state index contributed by atoms with van der Waals surface area (Å²) in [5.74, 6) is 0.426. The Morgan fingerprint density at radius 1 is 1.16 bits per heavy atom. The molecule has 1 heterocycles. The first kappa shape index (κ1) is 16.0. The number of nitrogens with zero attached hydrogens (tertiary/aromatic N) is 1. The van der Waals surface area contributed by atoms with E-state index < -0.39 is 5.54 Å². The second kappa shape index (κ2) is 5.12. The molecule has 0 bridgehead atoms. The summed E-state index contributed by atoms with van der Waals surface area (Å²) in [5.41, 5.74) is 7.25. The molecule has 0 unspecified atom stereocenters. The summed E-state index contributed by atoms with van der Waals surface area (Å²) in [5, 5.41) is 0. The highest BCUT2D eigenvalue weighted by atomic mass is 16.1. The molecule has 0 radical (unpaired) electrons. The number of rotatable bonds is 3. The van der Waals surface area contributed by atoms with E-state index in [-0.39, 0.29) is 11.0 Å². The standard InChI is InChI=1S/C16H28N2O/c1-11(2)10-18-13(15(3,4)5)9-8-12(14(18)19)16(6,7)17/h8-9,11H,10,17H2,1-7H3. The lowest BCUT2D eigenvalue weighted by Crippen LogP contribution is -2.40. The Balaban J connectivity index is 3.55. The maximum Gasteiger partial charge on any atom is 0.255 e. The topological polar surface area (TPSA) is 48.0 Å². The minimum atomic E-state index is -0.605. The molecule has 0 amide bonds. The Labute approximate surface area is 116 Å². The maximum atomic E-state index is 12.7. The Hall–Kier alpha value is -1.09. The van der Waals surface area contributed by atoms with Crippen molar-refractivity contribution in [3.05, 3.63) is 33.7 Å². The van der Waals surface area contributed by atoms with Gasteiger partial charge in [0.1, 0.15) is 0 Å². The number of hydrogen-bond donors (Lipinski definition) is 1. The van der Waals surface area contributed by atoms with Crippen molar-refractivity contribution in [1.82, 2.24) is 4.57 Å². The first-order chi connectivity index (χ1) is 8.44. The van der Waals surface area contributed by atoms with E-state index in [9.17, 15) is 4.79 Å². The number of hydrogen-bond acceptors (Lipinski definition) is 2. The first-order valence-corrected chi connectivity index (χ1v) is 6.98. The Morgan fingerprint density at radius 3 is 2.05 bits per heavy atom. The Bertz CT molecular complexity index is 499. The number of nitrogens with two attached hydrogens (primary N) is 1. The van der Waals surface area contributed by atoms with Gasteiger partial charge in [-0.25, -0.2) is 0 Å². The second-order valence-corrected chi connectivity index (χ2v) is 7.41. The van der Waals surface area contributed by atoms with E-state index in [1.807, 2.05) is 30.5 Å². The minimum absolute atomic E-state index is 0.0497. The van der Waals surface area contributed by atoms with E-state index in [0.717, 1.165) is 12.2 Å². The van der Waals surface area contributed by atoms with E-state index in [1.165, 1.54) is 0 Å². The SMILES string of the molecule is CC(C)Cn1c(C(C)(C)C)ccc(C(C)(C)N)c1=O. The predicted octanol–water partition coefficient (Wildman–Crippen LogP) is 3.00. The van der Waals surface area contributed by atoms with Crippen LogP contribution >= 0.6 is 0 Å². The summed E-state index contributed by atoms with van der Waals surface area (Å²) in [4.78, 5) is 12.7. The molecule has 108 valence electrons. The highest BCUT2D eigenvalue weighted by molar-refractivity contribution is 5.25. The van der Waals surface area contributed by atoms with E-state index >= 15 is 0 Å². The zero-order chi connectivity index (χ0) is 15.0. The maximum absolute atomic E-state index is 12.7. The lowest BCUT2D eigenvalue weighted by Gasteiger charge is -2.28. The molecule has 0 atom stereocenters. The first-order valence-electron chi connectivity index (χ1n) is 6.98. The highest BCUT2D eigenvalue weighted by Gasteiger charge is 2.25. The third kappa shape index (κ3) is 3.69. The van der Waals surface area contributed by atoms with Crippen molar-refractivity contribution in [2.24, 2.45) is 11.7 Å². The van der Waals surface area contributed by atoms with Gasteiger partial charge in [0.05, 0.1) is 0 Å². The Morgan fingerprint density at radius 2 is 1.68 bits per heavy atom. The summed E-state index contributed by atoms with van der Waals surface area (Å²) in [6.07, 6.45) is 0. The van der Waals surface area contributed by atoms with Gasteiger partial charge >= 0.3 is 0 Å². The molecule has 0 aliphatic carbocycles.